The number of benzene rings is 2. The van der Waals surface area contributed by atoms with Gasteiger partial charge in [0.05, 0.1) is 19.8 Å². The summed E-state index contributed by atoms with van der Waals surface area (Å²) in [4.78, 5) is 23.3. The summed E-state index contributed by atoms with van der Waals surface area (Å²) in [5.41, 5.74) is 0.902. The Bertz CT molecular complexity index is 689. The van der Waals surface area contributed by atoms with E-state index in [0.717, 1.165) is 0 Å². The smallest absolute Gasteiger partial charge is 0.343 e. The number of ketones is 1. The van der Waals surface area contributed by atoms with E-state index in [2.05, 4.69) is 0 Å². The van der Waals surface area contributed by atoms with Gasteiger partial charge in [-0.25, -0.2) is 4.79 Å². The van der Waals surface area contributed by atoms with Gasteiger partial charge < -0.3 is 14.2 Å². The molecule has 0 atom stereocenters. The second-order valence-corrected chi connectivity index (χ2v) is 4.54. The summed E-state index contributed by atoms with van der Waals surface area (Å²) in [6, 6.07) is 11.1. The van der Waals surface area contributed by atoms with Crippen molar-refractivity contribution in [2.45, 2.75) is 6.92 Å². The van der Waals surface area contributed by atoms with Crippen molar-refractivity contribution < 1.29 is 23.8 Å². The molecule has 0 amide bonds. The van der Waals surface area contributed by atoms with Crippen LogP contribution in [-0.4, -0.2) is 26.0 Å². The molecule has 5 nitrogen and oxygen atoms in total. The molecule has 0 saturated heterocycles. The van der Waals surface area contributed by atoms with Crippen molar-refractivity contribution >= 4 is 11.8 Å². The summed E-state index contributed by atoms with van der Waals surface area (Å²) >= 11 is 0. The maximum atomic E-state index is 12.1. The molecule has 0 bridgehead atoms. The second kappa shape index (κ2) is 6.76. The number of esters is 1. The monoisotopic (exact) mass is 300 g/mol. The fourth-order valence-corrected chi connectivity index (χ4v) is 1.89. The lowest BCUT2D eigenvalue weighted by atomic mass is 10.1. The molecule has 0 spiro atoms. The highest BCUT2D eigenvalue weighted by molar-refractivity contribution is 5.94. The molecule has 0 heterocycles. The first kappa shape index (κ1) is 15.6. The Balaban J connectivity index is 2.16. The van der Waals surface area contributed by atoms with Crippen LogP contribution in [0.15, 0.2) is 42.5 Å². The molecular formula is C17H16O5. The lowest BCUT2D eigenvalue weighted by Crippen LogP contribution is -2.09. The molecule has 114 valence electrons. The minimum atomic E-state index is -0.517. The molecule has 0 aliphatic carbocycles. The van der Waals surface area contributed by atoms with Crippen LogP contribution in [0.4, 0.5) is 0 Å². The second-order valence-electron chi connectivity index (χ2n) is 4.54. The number of Topliss-reactive ketones (excluding diaryl/α,β-unsaturated/α-hetero) is 1. The number of methoxy groups -OCH3 is 2. The Labute approximate surface area is 128 Å². The van der Waals surface area contributed by atoms with E-state index in [4.69, 9.17) is 14.2 Å². The van der Waals surface area contributed by atoms with E-state index in [1.54, 1.807) is 42.5 Å². The number of ether oxygens (including phenoxy) is 3. The molecule has 0 N–H and O–H groups in total. The van der Waals surface area contributed by atoms with Crippen LogP contribution in [0.2, 0.25) is 0 Å². The summed E-state index contributed by atoms with van der Waals surface area (Å²) in [5.74, 6) is 0.785. The fourth-order valence-electron chi connectivity index (χ4n) is 1.89. The number of rotatable bonds is 5. The highest BCUT2D eigenvalue weighted by Crippen LogP contribution is 2.28. The first-order valence-corrected chi connectivity index (χ1v) is 6.60. The van der Waals surface area contributed by atoms with E-state index >= 15 is 0 Å². The van der Waals surface area contributed by atoms with Crippen molar-refractivity contribution in [3.63, 3.8) is 0 Å². The maximum Gasteiger partial charge on any atom is 0.343 e. The Morgan fingerprint density at radius 2 is 1.41 bits per heavy atom. The van der Waals surface area contributed by atoms with Crippen LogP contribution in [-0.2, 0) is 0 Å². The molecular weight excluding hydrogens is 284 g/mol. The average Bonchev–Trinajstić information content (AvgIpc) is 2.54. The molecule has 0 aromatic heterocycles. The zero-order valence-corrected chi connectivity index (χ0v) is 12.6. The zero-order valence-electron chi connectivity index (χ0n) is 12.6. The van der Waals surface area contributed by atoms with Gasteiger partial charge in [-0.05, 0) is 49.4 Å². The molecule has 2 aromatic rings. The van der Waals surface area contributed by atoms with Crippen molar-refractivity contribution in [3.05, 3.63) is 53.6 Å². The van der Waals surface area contributed by atoms with Crippen molar-refractivity contribution in [2.24, 2.45) is 0 Å². The van der Waals surface area contributed by atoms with Gasteiger partial charge in [-0.3, -0.25) is 4.79 Å². The van der Waals surface area contributed by atoms with Gasteiger partial charge in [0.25, 0.3) is 0 Å². The molecule has 0 saturated carbocycles. The van der Waals surface area contributed by atoms with Crippen LogP contribution in [0.5, 0.6) is 17.2 Å². The predicted molar refractivity (Wildman–Crippen MR) is 81.0 cm³/mol. The van der Waals surface area contributed by atoms with E-state index in [9.17, 15) is 9.59 Å². The average molecular weight is 300 g/mol. The van der Waals surface area contributed by atoms with Crippen molar-refractivity contribution in [1.29, 1.82) is 0 Å². The minimum Gasteiger partial charge on any atom is -0.493 e. The Morgan fingerprint density at radius 1 is 0.818 bits per heavy atom. The van der Waals surface area contributed by atoms with Crippen molar-refractivity contribution in [2.75, 3.05) is 14.2 Å². The standard InChI is InChI=1S/C17H16O5/c1-11(18)12-4-7-14(8-5-12)22-17(19)13-6-9-15(20-2)16(10-13)21-3/h4-10H,1-3H3. The van der Waals surface area contributed by atoms with E-state index in [1.807, 2.05) is 0 Å². The molecule has 0 radical (unpaired) electrons. The fraction of sp³-hybridized carbons (Fsp3) is 0.176. The van der Waals surface area contributed by atoms with Crippen LogP contribution < -0.4 is 14.2 Å². The largest absolute Gasteiger partial charge is 0.493 e. The summed E-state index contributed by atoms with van der Waals surface area (Å²) < 4.78 is 15.5. The number of hydrogen-bond acceptors (Lipinski definition) is 5. The molecule has 2 aromatic carbocycles. The van der Waals surface area contributed by atoms with Crippen molar-refractivity contribution in [3.8, 4) is 17.2 Å². The highest BCUT2D eigenvalue weighted by atomic mass is 16.5. The first-order chi connectivity index (χ1) is 10.5. The SMILES string of the molecule is COc1ccc(C(=O)Oc2ccc(C(C)=O)cc2)cc1OC. The first-order valence-electron chi connectivity index (χ1n) is 6.60. The third-order valence-electron chi connectivity index (χ3n) is 3.09. The maximum absolute atomic E-state index is 12.1. The lowest BCUT2D eigenvalue weighted by molar-refractivity contribution is 0.0734. The predicted octanol–water partition coefficient (Wildman–Crippen LogP) is 3.13. The molecule has 0 aliphatic heterocycles. The van der Waals surface area contributed by atoms with E-state index in [-0.39, 0.29) is 5.78 Å². The minimum absolute atomic E-state index is 0.0437. The van der Waals surface area contributed by atoms with E-state index in [0.29, 0.717) is 28.4 Å². The molecule has 0 fully saturated rings. The van der Waals surface area contributed by atoms with E-state index in [1.165, 1.54) is 21.1 Å². The zero-order chi connectivity index (χ0) is 16.1. The van der Waals surface area contributed by atoms with Gasteiger partial charge in [-0.1, -0.05) is 0 Å². The quantitative estimate of drug-likeness (QED) is 0.482. The number of carbonyl (C=O) groups is 2. The highest BCUT2D eigenvalue weighted by Gasteiger charge is 2.13. The Morgan fingerprint density at radius 3 is 1.95 bits per heavy atom. The molecule has 22 heavy (non-hydrogen) atoms. The summed E-state index contributed by atoms with van der Waals surface area (Å²) in [5, 5.41) is 0. The van der Waals surface area contributed by atoms with Crippen LogP contribution >= 0.6 is 0 Å². The summed E-state index contributed by atoms with van der Waals surface area (Å²) in [6.07, 6.45) is 0. The topological polar surface area (TPSA) is 61.8 Å². The van der Waals surface area contributed by atoms with Gasteiger partial charge in [0, 0.05) is 5.56 Å². The van der Waals surface area contributed by atoms with Gasteiger partial charge in [0.1, 0.15) is 5.75 Å². The molecule has 5 heteroatoms. The summed E-state index contributed by atoms with van der Waals surface area (Å²) in [6.45, 7) is 1.48. The molecule has 0 aliphatic rings. The number of hydrogen-bond donors (Lipinski definition) is 0. The van der Waals surface area contributed by atoms with E-state index < -0.39 is 5.97 Å². The van der Waals surface area contributed by atoms with Crippen LogP contribution in [0.1, 0.15) is 27.6 Å². The van der Waals surface area contributed by atoms with Gasteiger partial charge in [-0.15, -0.1) is 0 Å². The third kappa shape index (κ3) is 3.44. The Kier molecular flexibility index (Phi) is 4.78. The van der Waals surface area contributed by atoms with Gasteiger partial charge in [0.2, 0.25) is 0 Å². The number of carbonyl (C=O) groups excluding carboxylic acids is 2. The molecule has 0 unspecified atom stereocenters. The summed E-state index contributed by atoms with van der Waals surface area (Å²) in [7, 11) is 3.01. The Hall–Kier alpha value is -2.82. The normalized spacial score (nSPS) is 9.95. The van der Waals surface area contributed by atoms with Gasteiger partial charge in [-0.2, -0.15) is 0 Å². The molecule has 2 rings (SSSR count). The lowest BCUT2D eigenvalue weighted by Gasteiger charge is -2.09. The van der Waals surface area contributed by atoms with Crippen LogP contribution in [0.25, 0.3) is 0 Å². The third-order valence-corrected chi connectivity index (χ3v) is 3.09. The van der Waals surface area contributed by atoms with Gasteiger partial charge in [0.15, 0.2) is 17.3 Å². The van der Waals surface area contributed by atoms with Crippen LogP contribution in [0.3, 0.4) is 0 Å². The van der Waals surface area contributed by atoms with Crippen LogP contribution in [0, 0.1) is 0 Å². The van der Waals surface area contributed by atoms with Crippen molar-refractivity contribution in [1.82, 2.24) is 0 Å². The van der Waals surface area contributed by atoms with Gasteiger partial charge >= 0.3 is 5.97 Å².